The number of hydrogen-bond acceptors (Lipinski definition) is 4. The molecular formula is C14H26N2O3. The first kappa shape index (κ1) is 14.8. The summed E-state index contributed by atoms with van der Waals surface area (Å²) in [5, 5.41) is 12.6. The van der Waals surface area contributed by atoms with Gasteiger partial charge < -0.3 is 15.2 Å². The van der Waals surface area contributed by atoms with E-state index in [0.29, 0.717) is 18.6 Å². The molecule has 2 rings (SSSR count). The third-order valence-electron chi connectivity index (χ3n) is 4.75. The number of nitrogens with zero attached hydrogens (tertiary/aromatic N) is 1. The Labute approximate surface area is 115 Å². The predicted molar refractivity (Wildman–Crippen MR) is 73.3 cm³/mol. The maximum Gasteiger partial charge on any atom is 0.323 e. The second-order valence-electron chi connectivity index (χ2n) is 5.78. The summed E-state index contributed by atoms with van der Waals surface area (Å²) in [6.45, 7) is 4.79. The summed E-state index contributed by atoms with van der Waals surface area (Å²) in [5.41, 5.74) is -0.733. The van der Waals surface area contributed by atoms with Crippen LogP contribution in [0.5, 0.6) is 0 Å². The number of rotatable bonds is 4. The van der Waals surface area contributed by atoms with E-state index in [1.54, 1.807) is 7.05 Å². The molecule has 2 N–H and O–H groups in total. The topological polar surface area (TPSA) is 61.8 Å². The fourth-order valence-corrected chi connectivity index (χ4v) is 3.41. The summed E-state index contributed by atoms with van der Waals surface area (Å²) in [6.07, 6.45) is 4.86. The lowest BCUT2D eigenvalue weighted by molar-refractivity contribution is -0.147. The molecule has 3 unspecified atom stereocenters. The maximum absolute atomic E-state index is 11.6. The summed E-state index contributed by atoms with van der Waals surface area (Å²) in [4.78, 5) is 14.0. The highest BCUT2D eigenvalue weighted by Crippen LogP contribution is 2.32. The lowest BCUT2D eigenvalue weighted by atomic mass is 9.78. The molecule has 0 spiro atoms. The lowest BCUT2D eigenvalue weighted by Gasteiger charge is -2.44. The third-order valence-corrected chi connectivity index (χ3v) is 4.75. The Bertz CT molecular complexity index is 324. The Morgan fingerprint density at radius 3 is 3.00 bits per heavy atom. The molecule has 2 fully saturated rings. The largest absolute Gasteiger partial charge is 0.480 e. The van der Waals surface area contributed by atoms with Crippen LogP contribution in [0.2, 0.25) is 0 Å². The molecule has 0 radical (unpaired) electrons. The minimum Gasteiger partial charge on any atom is -0.480 e. The van der Waals surface area contributed by atoms with E-state index in [9.17, 15) is 9.90 Å². The minimum absolute atomic E-state index is 0.310. The molecule has 0 aromatic heterocycles. The van der Waals surface area contributed by atoms with Gasteiger partial charge in [0.1, 0.15) is 5.54 Å². The Morgan fingerprint density at radius 1 is 1.58 bits per heavy atom. The standard InChI is InChI=1S/C14H26N2O3/c1-3-12-10-16(7-8-19-12)11-5-4-6-14(9-11,15-2)13(17)18/h11-12,15H,3-10H2,1-2H3,(H,17,18). The number of hydrogen-bond donors (Lipinski definition) is 2. The predicted octanol–water partition coefficient (Wildman–Crippen LogP) is 1.08. The monoisotopic (exact) mass is 270 g/mol. The first-order chi connectivity index (χ1) is 9.11. The molecule has 1 saturated heterocycles. The number of likely N-dealkylation sites (N-methyl/N-ethyl adjacent to an activating group) is 1. The molecule has 5 nitrogen and oxygen atoms in total. The van der Waals surface area contributed by atoms with Gasteiger partial charge in [-0.05, 0) is 39.2 Å². The molecule has 5 heteroatoms. The molecule has 3 atom stereocenters. The normalized spacial score (nSPS) is 37.2. The van der Waals surface area contributed by atoms with E-state index in [1.165, 1.54) is 0 Å². The first-order valence-corrected chi connectivity index (χ1v) is 7.39. The summed E-state index contributed by atoms with van der Waals surface area (Å²) >= 11 is 0. The molecule has 19 heavy (non-hydrogen) atoms. The van der Waals surface area contributed by atoms with Gasteiger partial charge in [-0.25, -0.2) is 0 Å². The average Bonchev–Trinajstić information content (AvgIpc) is 2.47. The SMILES string of the molecule is CCC1CN(C2CCCC(NC)(C(=O)O)C2)CCO1. The van der Waals surface area contributed by atoms with Crippen LogP contribution in [0.15, 0.2) is 0 Å². The average molecular weight is 270 g/mol. The quantitative estimate of drug-likeness (QED) is 0.800. The number of carboxylic acids is 1. The van der Waals surface area contributed by atoms with Gasteiger partial charge in [0.2, 0.25) is 0 Å². The van der Waals surface area contributed by atoms with E-state index < -0.39 is 11.5 Å². The summed E-state index contributed by atoms with van der Waals surface area (Å²) in [6, 6.07) is 0.371. The first-order valence-electron chi connectivity index (χ1n) is 7.39. The number of ether oxygens (including phenoxy) is 1. The second-order valence-corrected chi connectivity index (χ2v) is 5.78. The van der Waals surface area contributed by atoms with Crippen LogP contribution in [0.1, 0.15) is 39.0 Å². The van der Waals surface area contributed by atoms with Crippen molar-refractivity contribution in [2.45, 2.75) is 56.7 Å². The van der Waals surface area contributed by atoms with Crippen molar-refractivity contribution in [3.8, 4) is 0 Å². The van der Waals surface area contributed by atoms with Gasteiger partial charge in [-0.15, -0.1) is 0 Å². The van der Waals surface area contributed by atoms with Crippen LogP contribution in [0.3, 0.4) is 0 Å². The van der Waals surface area contributed by atoms with E-state index >= 15 is 0 Å². The molecule has 0 aromatic rings. The molecule has 0 aromatic carbocycles. The van der Waals surface area contributed by atoms with Gasteiger partial charge in [0.15, 0.2) is 0 Å². The highest BCUT2D eigenvalue weighted by molar-refractivity contribution is 5.79. The van der Waals surface area contributed by atoms with E-state index in [2.05, 4.69) is 17.1 Å². The molecular weight excluding hydrogens is 244 g/mol. The van der Waals surface area contributed by atoms with Crippen molar-refractivity contribution in [2.75, 3.05) is 26.7 Å². The molecule has 1 heterocycles. The molecule has 110 valence electrons. The second kappa shape index (κ2) is 6.20. The Morgan fingerprint density at radius 2 is 2.37 bits per heavy atom. The smallest absolute Gasteiger partial charge is 0.323 e. The van der Waals surface area contributed by atoms with Crippen LogP contribution < -0.4 is 5.32 Å². The highest BCUT2D eigenvalue weighted by Gasteiger charge is 2.43. The van der Waals surface area contributed by atoms with Gasteiger partial charge >= 0.3 is 5.97 Å². The van der Waals surface area contributed by atoms with E-state index in [0.717, 1.165) is 45.4 Å². The Hall–Kier alpha value is -0.650. The zero-order valence-electron chi connectivity index (χ0n) is 12.0. The summed E-state index contributed by atoms with van der Waals surface area (Å²) < 4.78 is 5.70. The number of nitrogens with one attached hydrogen (secondary N) is 1. The highest BCUT2D eigenvalue weighted by atomic mass is 16.5. The summed E-state index contributed by atoms with van der Waals surface area (Å²) in [7, 11) is 1.77. The van der Waals surface area contributed by atoms with Crippen molar-refractivity contribution in [2.24, 2.45) is 0 Å². The van der Waals surface area contributed by atoms with Gasteiger partial charge in [-0.1, -0.05) is 6.92 Å². The van der Waals surface area contributed by atoms with Gasteiger partial charge in [-0.3, -0.25) is 9.69 Å². The zero-order chi connectivity index (χ0) is 13.9. The van der Waals surface area contributed by atoms with Gasteiger partial charge in [0, 0.05) is 19.1 Å². The number of carbonyl (C=O) groups is 1. The van der Waals surface area contributed by atoms with E-state index in [1.807, 2.05) is 0 Å². The van der Waals surface area contributed by atoms with Gasteiger partial charge in [-0.2, -0.15) is 0 Å². The number of carboxylic acid groups (broad SMARTS) is 1. The van der Waals surface area contributed by atoms with Crippen molar-refractivity contribution < 1.29 is 14.6 Å². The molecule has 1 saturated carbocycles. The van der Waals surface area contributed by atoms with E-state index in [-0.39, 0.29) is 0 Å². The minimum atomic E-state index is -0.733. The van der Waals surface area contributed by atoms with E-state index in [4.69, 9.17) is 4.74 Å². The third kappa shape index (κ3) is 3.09. The molecule has 2 aliphatic rings. The number of aliphatic carboxylic acids is 1. The number of morpholine rings is 1. The van der Waals surface area contributed by atoms with Crippen LogP contribution >= 0.6 is 0 Å². The Balaban J connectivity index is 2.02. The van der Waals surface area contributed by atoms with Crippen molar-refractivity contribution in [1.29, 1.82) is 0 Å². The molecule has 0 amide bonds. The van der Waals surface area contributed by atoms with Crippen LogP contribution in [0.4, 0.5) is 0 Å². The Kier molecular flexibility index (Phi) is 4.81. The van der Waals surface area contributed by atoms with Gasteiger partial charge in [0.25, 0.3) is 0 Å². The van der Waals surface area contributed by atoms with Crippen LogP contribution in [0, 0.1) is 0 Å². The fraction of sp³-hybridized carbons (Fsp3) is 0.929. The molecule has 1 aliphatic carbocycles. The van der Waals surface area contributed by atoms with Crippen molar-refractivity contribution in [3.63, 3.8) is 0 Å². The van der Waals surface area contributed by atoms with Crippen molar-refractivity contribution in [1.82, 2.24) is 10.2 Å². The molecule has 0 bridgehead atoms. The van der Waals surface area contributed by atoms with Crippen LogP contribution in [0.25, 0.3) is 0 Å². The van der Waals surface area contributed by atoms with Crippen LogP contribution in [-0.4, -0.2) is 60.4 Å². The van der Waals surface area contributed by atoms with Crippen molar-refractivity contribution in [3.05, 3.63) is 0 Å². The fourth-order valence-electron chi connectivity index (χ4n) is 3.41. The lowest BCUT2D eigenvalue weighted by Crippen LogP contribution is -2.59. The van der Waals surface area contributed by atoms with Crippen molar-refractivity contribution >= 4 is 5.97 Å². The van der Waals surface area contributed by atoms with Gasteiger partial charge in [0.05, 0.1) is 12.7 Å². The van der Waals surface area contributed by atoms with Crippen LogP contribution in [-0.2, 0) is 9.53 Å². The molecule has 1 aliphatic heterocycles. The summed E-state index contributed by atoms with van der Waals surface area (Å²) in [5.74, 6) is -0.708. The zero-order valence-corrected chi connectivity index (χ0v) is 12.0. The maximum atomic E-state index is 11.6.